The SMILES string of the molecule is Cc1ccccc1C(=O)N1[C@H](C(=O)N[C@@H](C)c2ccccc2)COC12CCN(C(=O)c1cccc(F)c1)CC2. The van der Waals surface area contributed by atoms with E-state index in [-0.39, 0.29) is 35.9 Å². The number of nitrogens with one attached hydrogen (secondary N) is 1. The van der Waals surface area contributed by atoms with Crippen LogP contribution in [0.4, 0.5) is 4.39 Å². The normalized spacial score (nSPS) is 19.1. The van der Waals surface area contributed by atoms with Gasteiger partial charge in [0.15, 0.2) is 0 Å². The minimum atomic E-state index is -1.03. The summed E-state index contributed by atoms with van der Waals surface area (Å²) in [6, 6.07) is 21.5. The zero-order valence-electron chi connectivity index (χ0n) is 22.1. The van der Waals surface area contributed by atoms with Crippen molar-refractivity contribution in [3.8, 4) is 0 Å². The number of carbonyl (C=O) groups excluding carboxylic acids is 3. The molecule has 0 radical (unpaired) electrons. The molecule has 0 bridgehead atoms. The van der Waals surface area contributed by atoms with Gasteiger partial charge in [0, 0.05) is 37.1 Å². The Hall–Kier alpha value is -4.04. The Bertz CT molecular complexity index is 1370. The van der Waals surface area contributed by atoms with Gasteiger partial charge in [-0.1, -0.05) is 54.6 Å². The summed E-state index contributed by atoms with van der Waals surface area (Å²) in [6.07, 6.45) is 0.674. The highest BCUT2D eigenvalue weighted by atomic mass is 19.1. The second-order valence-electron chi connectivity index (χ2n) is 10.2. The van der Waals surface area contributed by atoms with Crippen LogP contribution >= 0.6 is 0 Å². The summed E-state index contributed by atoms with van der Waals surface area (Å²) in [5, 5.41) is 3.05. The van der Waals surface area contributed by atoms with E-state index in [4.69, 9.17) is 4.74 Å². The van der Waals surface area contributed by atoms with Gasteiger partial charge in [0.2, 0.25) is 5.91 Å². The van der Waals surface area contributed by atoms with Gasteiger partial charge in [0.1, 0.15) is 17.6 Å². The maximum Gasteiger partial charge on any atom is 0.257 e. The van der Waals surface area contributed by atoms with E-state index < -0.39 is 17.6 Å². The number of likely N-dealkylation sites (tertiary alicyclic amines) is 1. The highest BCUT2D eigenvalue weighted by Crippen LogP contribution is 2.39. The van der Waals surface area contributed by atoms with Crippen LogP contribution in [0.1, 0.15) is 57.7 Å². The predicted octanol–water partition coefficient (Wildman–Crippen LogP) is 4.49. The van der Waals surface area contributed by atoms with Crippen molar-refractivity contribution in [2.75, 3.05) is 19.7 Å². The highest BCUT2D eigenvalue weighted by Gasteiger charge is 2.54. The zero-order chi connectivity index (χ0) is 27.6. The third kappa shape index (κ3) is 5.29. The third-order valence-electron chi connectivity index (χ3n) is 7.72. The van der Waals surface area contributed by atoms with Gasteiger partial charge in [-0.15, -0.1) is 0 Å². The van der Waals surface area contributed by atoms with Crippen LogP contribution in [0.3, 0.4) is 0 Å². The molecule has 0 unspecified atom stereocenters. The Balaban J connectivity index is 1.39. The van der Waals surface area contributed by atoms with Crippen molar-refractivity contribution >= 4 is 17.7 Å². The molecular formula is C31H32FN3O4. The number of halogens is 1. The van der Waals surface area contributed by atoms with Gasteiger partial charge in [-0.3, -0.25) is 19.3 Å². The smallest absolute Gasteiger partial charge is 0.257 e. The first-order valence-corrected chi connectivity index (χ1v) is 13.2. The average molecular weight is 530 g/mol. The fourth-order valence-corrected chi connectivity index (χ4v) is 5.51. The van der Waals surface area contributed by atoms with Crippen LogP contribution in [-0.2, 0) is 9.53 Å². The van der Waals surface area contributed by atoms with Crippen LogP contribution in [0.5, 0.6) is 0 Å². The molecule has 2 aliphatic rings. The van der Waals surface area contributed by atoms with Gasteiger partial charge in [0.25, 0.3) is 11.8 Å². The van der Waals surface area contributed by atoms with Gasteiger partial charge in [-0.05, 0) is 49.2 Å². The Morgan fingerprint density at radius 1 is 0.949 bits per heavy atom. The first-order chi connectivity index (χ1) is 18.8. The molecule has 39 heavy (non-hydrogen) atoms. The molecule has 3 aromatic carbocycles. The minimum Gasteiger partial charge on any atom is -0.353 e. The molecular weight excluding hydrogens is 497 g/mol. The molecule has 3 aromatic rings. The first kappa shape index (κ1) is 26.6. The van der Waals surface area contributed by atoms with Crippen LogP contribution in [0.25, 0.3) is 0 Å². The topological polar surface area (TPSA) is 79.0 Å². The Morgan fingerprint density at radius 3 is 2.33 bits per heavy atom. The summed E-state index contributed by atoms with van der Waals surface area (Å²) in [4.78, 5) is 43.9. The number of carbonyl (C=O) groups is 3. The molecule has 2 heterocycles. The number of ether oxygens (including phenoxy) is 1. The number of aryl methyl sites for hydroxylation is 1. The molecule has 1 N–H and O–H groups in total. The third-order valence-corrected chi connectivity index (χ3v) is 7.72. The maximum atomic E-state index is 14.0. The number of rotatable bonds is 5. The maximum absolute atomic E-state index is 14.0. The number of amides is 3. The van der Waals surface area contributed by atoms with E-state index in [1.54, 1.807) is 28.0 Å². The number of nitrogens with zero attached hydrogens (tertiary/aromatic N) is 2. The van der Waals surface area contributed by atoms with Crippen LogP contribution < -0.4 is 5.32 Å². The van der Waals surface area contributed by atoms with E-state index in [1.165, 1.54) is 18.2 Å². The summed E-state index contributed by atoms with van der Waals surface area (Å²) < 4.78 is 20.0. The first-order valence-electron chi connectivity index (χ1n) is 13.2. The van der Waals surface area contributed by atoms with Crippen LogP contribution in [-0.4, -0.2) is 59.0 Å². The van der Waals surface area contributed by atoms with Crippen molar-refractivity contribution in [2.24, 2.45) is 0 Å². The molecule has 8 heteroatoms. The molecule has 5 rings (SSSR count). The molecule has 2 atom stereocenters. The second kappa shape index (κ2) is 11.0. The van der Waals surface area contributed by atoms with Gasteiger partial charge in [-0.2, -0.15) is 0 Å². The summed E-state index contributed by atoms with van der Waals surface area (Å²) in [5.41, 5.74) is 1.52. The zero-order valence-corrected chi connectivity index (χ0v) is 22.1. The molecule has 2 aliphatic heterocycles. The summed E-state index contributed by atoms with van der Waals surface area (Å²) in [7, 11) is 0. The molecule has 1 spiro atoms. The van der Waals surface area contributed by atoms with E-state index in [0.29, 0.717) is 31.5 Å². The van der Waals surface area contributed by atoms with Crippen molar-refractivity contribution in [3.63, 3.8) is 0 Å². The van der Waals surface area contributed by atoms with Gasteiger partial charge >= 0.3 is 0 Å². The second-order valence-corrected chi connectivity index (χ2v) is 10.2. The number of hydrogen-bond acceptors (Lipinski definition) is 4. The lowest BCUT2D eigenvalue weighted by molar-refractivity contribution is -0.128. The molecule has 7 nitrogen and oxygen atoms in total. The molecule has 0 saturated carbocycles. The lowest BCUT2D eigenvalue weighted by Gasteiger charge is -2.44. The fraction of sp³-hybridized carbons (Fsp3) is 0.323. The number of benzene rings is 3. The van der Waals surface area contributed by atoms with E-state index in [0.717, 1.165) is 11.1 Å². The average Bonchev–Trinajstić information content (AvgIpc) is 3.32. The molecule has 2 saturated heterocycles. The fourth-order valence-electron chi connectivity index (χ4n) is 5.51. The molecule has 3 amide bonds. The quantitative estimate of drug-likeness (QED) is 0.529. The standard InChI is InChI=1S/C31H32FN3O4/c1-21-9-6-7-14-26(21)30(38)35-27(28(36)33-22(2)23-10-4-3-5-11-23)20-39-31(35)15-17-34(18-16-31)29(37)24-12-8-13-25(32)19-24/h3-14,19,22,27H,15-18,20H2,1-2H3,(H,33,36)/t22-,27-/m0/s1. The molecule has 202 valence electrons. The van der Waals surface area contributed by atoms with E-state index in [9.17, 15) is 18.8 Å². The predicted molar refractivity (Wildman–Crippen MR) is 144 cm³/mol. The highest BCUT2D eigenvalue weighted by molar-refractivity contribution is 5.99. The summed E-state index contributed by atoms with van der Waals surface area (Å²) in [6.45, 7) is 4.44. The van der Waals surface area contributed by atoms with Gasteiger partial charge in [0.05, 0.1) is 12.6 Å². The molecule has 0 aliphatic carbocycles. The Morgan fingerprint density at radius 2 is 1.64 bits per heavy atom. The Kier molecular flexibility index (Phi) is 7.48. The largest absolute Gasteiger partial charge is 0.353 e. The summed E-state index contributed by atoms with van der Waals surface area (Å²) in [5.74, 6) is -1.31. The van der Waals surface area contributed by atoms with E-state index in [1.807, 2.05) is 56.3 Å². The monoisotopic (exact) mass is 529 g/mol. The van der Waals surface area contributed by atoms with Crippen molar-refractivity contribution in [3.05, 3.63) is 107 Å². The van der Waals surface area contributed by atoms with Crippen molar-refractivity contribution in [2.45, 2.75) is 44.5 Å². The van der Waals surface area contributed by atoms with E-state index >= 15 is 0 Å². The molecule has 0 aromatic heterocycles. The summed E-state index contributed by atoms with van der Waals surface area (Å²) >= 11 is 0. The lowest BCUT2D eigenvalue weighted by Crippen LogP contribution is -2.60. The van der Waals surface area contributed by atoms with Crippen molar-refractivity contribution in [1.82, 2.24) is 15.1 Å². The van der Waals surface area contributed by atoms with Crippen LogP contribution in [0.2, 0.25) is 0 Å². The van der Waals surface area contributed by atoms with Gasteiger partial charge < -0.3 is 15.0 Å². The number of hydrogen-bond donors (Lipinski definition) is 1. The van der Waals surface area contributed by atoms with Crippen LogP contribution in [0.15, 0.2) is 78.9 Å². The van der Waals surface area contributed by atoms with Crippen molar-refractivity contribution in [1.29, 1.82) is 0 Å². The molecule has 2 fully saturated rings. The van der Waals surface area contributed by atoms with Crippen LogP contribution in [0, 0.1) is 12.7 Å². The van der Waals surface area contributed by atoms with E-state index in [2.05, 4.69) is 5.32 Å². The number of piperidine rings is 1. The lowest BCUT2D eigenvalue weighted by atomic mass is 9.95. The Labute approximate surface area is 227 Å². The van der Waals surface area contributed by atoms with Crippen molar-refractivity contribution < 1.29 is 23.5 Å². The van der Waals surface area contributed by atoms with Gasteiger partial charge in [-0.25, -0.2) is 4.39 Å². The minimum absolute atomic E-state index is 0.0583.